The van der Waals surface area contributed by atoms with Crippen LogP contribution in [0.25, 0.3) is 0 Å². The van der Waals surface area contributed by atoms with Crippen LogP contribution >= 0.6 is 11.6 Å². The van der Waals surface area contributed by atoms with Gasteiger partial charge in [-0.15, -0.1) is 0 Å². The maximum atomic E-state index is 6.01. The number of aromatic nitrogens is 2. The minimum atomic E-state index is 0.688. The zero-order valence-electron chi connectivity index (χ0n) is 12.7. The first-order chi connectivity index (χ1) is 10.1. The van der Waals surface area contributed by atoms with E-state index in [0.717, 1.165) is 46.6 Å². The Morgan fingerprint density at radius 2 is 1.81 bits per heavy atom. The van der Waals surface area contributed by atoms with Gasteiger partial charge in [-0.1, -0.05) is 30.7 Å². The molecule has 2 aromatic rings. The highest BCUT2D eigenvalue weighted by molar-refractivity contribution is 6.30. The van der Waals surface area contributed by atoms with E-state index < -0.39 is 0 Å². The molecule has 1 heterocycles. The Morgan fingerprint density at radius 1 is 1.10 bits per heavy atom. The van der Waals surface area contributed by atoms with Crippen molar-refractivity contribution in [3.63, 3.8) is 0 Å². The van der Waals surface area contributed by atoms with Crippen LogP contribution in [0.15, 0.2) is 24.3 Å². The topological polar surface area (TPSA) is 49.8 Å². The number of nitrogens with zero attached hydrogens (tertiary/aromatic N) is 2. The number of rotatable bonds is 6. The third-order valence-electron chi connectivity index (χ3n) is 3.20. The molecule has 0 aliphatic rings. The summed E-state index contributed by atoms with van der Waals surface area (Å²) in [6, 6.07) is 7.82. The van der Waals surface area contributed by atoms with Gasteiger partial charge in [0.2, 0.25) is 0 Å². The van der Waals surface area contributed by atoms with Crippen molar-refractivity contribution in [2.24, 2.45) is 0 Å². The minimum absolute atomic E-state index is 0.688. The van der Waals surface area contributed by atoms with Gasteiger partial charge in [0, 0.05) is 30.1 Å². The van der Waals surface area contributed by atoms with Crippen molar-refractivity contribution in [1.82, 2.24) is 9.97 Å². The van der Waals surface area contributed by atoms with Crippen LogP contribution in [-0.2, 0) is 13.0 Å². The number of anilines is 2. The van der Waals surface area contributed by atoms with E-state index in [0.29, 0.717) is 6.54 Å². The van der Waals surface area contributed by atoms with E-state index in [4.69, 9.17) is 11.6 Å². The van der Waals surface area contributed by atoms with E-state index in [-0.39, 0.29) is 0 Å². The standard InChI is InChI=1S/C16H21ClN4/c1-4-14-20-15(18-5-2)11(3)16(21-14)19-10-12-7-6-8-13(17)9-12/h6-9H,4-5,10H2,1-3H3,(H2,18,19,20,21). The molecule has 0 aliphatic carbocycles. The minimum Gasteiger partial charge on any atom is -0.370 e. The summed E-state index contributed by atoms with van der Waals surface area (Å²) in [6.07, 6.45) is 0.810. The third kappa shape index (κ3) is 4.08. The Hall–Kier alpha value is -1.81. The summed E-state index contributed by atoms with van der Waals surface area (Å²) in [6.45, 7) is 7.67. The molecule has 1 aromatic carbocycles. The Bertz CT molecular complexity index is 613. The molecule has 0 spiro atoms. The molecule has 0 amide bonds. The van der Waals surface area contributed by atoms with Gasteiger partial charge in [0.25, 0.3) is 0 Å². The zero-order valence-corrected chi connectivity index (χ0v) is 13.5. The lowest BCUT2D eigenvalue weighted by Gasteiger charge is -2.14. The molecule has 21 heavy (non-hydrogen) atoms. The molecule has 0 unspecified atom stereocenters. The molecule has 0 saturated carbocycles. The number of halogens is 1. The molecule has 5 heteroatoms. The highest BCUT2D eigenvalue weighted by Gasteiger charge is 2.09. The Balaban J connectivity index is 2.20. The van der Waals surface area contributed by atoms with Crippen LogP contribution < -0.4 is 10.6 Å². The predicted octanol–water partition coefficient (Wildman–Crippen LogP) is 4.04. The molecule has 2 rings (SSSR count). The highest BCUT2D eigenvalue weighted by Crippen LogP contribution is 2.21. The normalized spacial score (nSPS) is 10.5. The van der Waals surface area contributed by atoms with Crippen LogP contribution in [0.3, 0.4) is 0 Å². The summed E-state index contributed by atoms with van der Waals surface area (Å²) >= 11 is 6.01. The fraction of sp³-hybridized carbons (Fsp3) is 0.375. The second kappa shape index (κ2) is 7.27. The summed E-state index contributed by atoms with van der Waals surface area (Å²) in [5.74, 6) is 2.61. The summed E-state index contributed by atoms with van der Waals surface area (Å²) in [7, 11) is 0. The molecule has 1 aromatic heterocycles. The molecule has 4 nitrogen and oxygen atoms in total. The molecule has 0 bridgehead atoms. The number of hydrogen-bond donors (Lipinski definition) is 2. The first-order valence-corrected chi connectivity index (χ1v) is 7.61. The largest absolute Gasteiger partial charge is 0.370 e. The fourth-order valence-electron chi connectivity index (χ4n) is 2.07. The summed E-state index contributed by atoms with van der Waals surface area (Å²) in [4.78, 5) is 9.10. The number of benzene rings is 1. The maximum absolute atomic E-state index is 6.01. The summed E-state index contributed by atoms with van der Waals surface area (Å²) in [5, 5.41) is 7.41. The third-order valence-corrected chi connectivity index (χ3v) is 3.44. The SMILES string of the molecule is CCNc1nc(CC)nc(NCc2cccc(Cl)c2)c1C. The molecule has 0 aliphatic heterocycles. The highest BCUT2D eigenvalue weighted by atomic mass is 35.5. The summed E-state index contributed by atoms with van der Waals surface area (Å²) < 4.78 is 0. The van der Waals surface area contributed by atoms with Crippen molar-refractivity contribution >= 4 is 23.2 Å². The van der Waals surface area contributed by atoms with Crippen LogP contribution in [0.2, 0.25) is 5.02 Å². The van der Waals surface area contributed by atoms with E-state index in [1.807, 2.05) is 31.2 Å². The molecular weight excluding hydrogens is 284 g/mol. The number of hydrogen-bond acceptors (Lipinski definition) is 4. The van der Waals surface area contributed by atoms with E-state index in [9.17, 15) is 0 Å². The van der Waals surface area contributed by atoms with Crippen molar-refractivity contribution in [1.29, 1.82) is 0 Å². The van der Waals surface area contributed by atoms with Gasteiger partial charge in [0.15, 0.2) is 0 Å². The van der Waals surface area contributed by atoms with Crippen LogP contribution in [0.4, 0.5) is 11.6 Å². The molecule has 0 fully saturated rings. The average Bonchev–Trinajstić information content (AvgIpc) is 2.48. The average molecular weight is 305 g/mol. The fourth-order valence-corrected chi connectivity index (χ4v) is 2.28. The molecule has 112 valence electrons. The molecule has 0 atom stereocenters. The van der Waals surface area contributed by atoms with Gasteiger partial charge >= 0.3 is 0 Å². The lowest BCUT2D eigenvalue weighted by molar-refractivity contribution is 0.919. The quantitative estimate of drug-likeness (QED) is 0.845. The first kappa shape index (κ1) is 15.6. The number of nitrogens with one attached hydrogen (secondary N) is 2. The predicted molar refractivity (Wildman–Crippen MR) is 89.1 cm³/mol. The van der Waals surface area contributed by atoms with E-state index in [1.54, 1.807) is 0 Å². The second-order valence-corrected chi connectivity index (χ2v) is 5.27. The second-order valence-electron chi connectivity index (χ2n) is 4.83. The van der Waals surface area contributed by atoms with Crippen molar-refractivity contribution in [3.8, 4) is 0 Å². The van der Waals surface area contributed by atoms with Gasteiger partial charge in [-0.25, -0.2) is 9.97 Å². The lowest BCUT2D eigenvalue weighted by atomic mass is 10.2. The zero-order chi connectivity index (χ0) is 15.2. The first-order valence-electron chi connectivity index (χ1n) is 7.23. The van der Waals surface area contributed by atoms with Gasteiger partial charge in [-0.3, -0.25) is 0 Å². The van der Waals surface area contributed by atoms with Crippen LogP contribution in [0.5, 0.6) is 0 Å². The van der Waals surface area contributed by atoms with Crippen molar-refractivity contribution in [2.75, 3.05) is 17.2 Å². The maximum Gasteiger partial charge on any atom is 0.135 e. The van der Waals surface area contributed by atoms with Crippen molar-refractivity contribution in [2.45, 2.75) is 33.7 Å². The van der Waals surface area contributed by atoms with Crippen molar-refractivity contribution in [3.05, 3.63) is 46.2 Å². The van der Waals surface area contributed by atoms with Gasteiger partial charge in [0.05, 0.1) is 0 Å². The summed E-state index contributed by atoms with van der Waals surface area (Å²) in [5.41, 5.74) is 2.17. The van der Waals surface area contributed by atoms with E-state index in [2.05, 4.69) is 34.4 Å². The van der Waals surface area contributed by atoms with Crippen LogP contribution in [-0.4, -0.2) is 16.5 Å². The Labute approximate surface area is 131 Å². The van der Waals surface area contributed by atoms with Crippen molar-refractivity contribution < 1.29 is 0 Å². The van der Waals surface area contributed by atoms with E-state index in [1.165, 1.54) is 0 Å². The van der Waals surface area contributed by atoms with Gasteiger partial charge in [-0.05, 0) is 31.5 Å². The lowest BCUT2D eigenvalue weighted by Crippen LogP contribution is -2.11. The van der Waals surface area contributed by atoms with Gasteiger partial charge < -0.3 is 10.6 Å². The van der Waals surface area contributed by atoms with Gasteiger partial charge in [-0.2, -0.15) is 0 Å². The van der Waals surface area contributed by atoms with Gasteiger partial charge in [0.1, 0.15) is 17.5 Å². The monoisotopic (exact) mass is 304 g/mol. The Kier molecular flexibility index (Phi) is 5.39. The Morgan fingerprint density at radius 3 is 2.43 bits per heavy atom. The molecule has 0 radical (unpaired) electrons. The van der Waals surface area contributed by atoms with Crippen LogP contribution in [0, 0.1) is 6.92 Å². The molecule has 0 saturated heterocycles. The molecular formula is C16H21ClN4. The number of aryl methyl sites for hydroxylation is 1. The van der Waals surface area contributed by atoms with Crippen LogP contribution in [0.1, 0.15) is 30.8 Å². The van der Waals surface area contributed by atoms with E-state index >= 15 is 0 Å². The smallest absolute Gasteiger partial charge is 0.135 e. The molecule has 2 N–H and O–H groups in total.